The van der Waals surface area contributed by atoms with E-state index in [4.69, 9.17) is 46.8 Å². The molecule has 4 heterocycles. The van der Waals surface area contributed by atoms with Crippen LogP contribution in [0.25, 0.3) is 44.1 Å². The minimum absolute atomic E-state index is 0.0204. The Morgan fingerprint density at radius 2 is 0.917 bits per heavy atom. The topological polar surface area (TPSA) is 397 Å². The number of likely N-dealkylation sites (N-methyl/N-ethyl adjacent to an activating group) is 2. The van der Waals surface area contributed by atoms with Crippen molar-refractivity contribution in [2.75, 3.05) is 110 Å². The second kappa shape index (κ2) is 31.8. The first-order valence-corrected chi connectivity index (χ1v) is 26.3. The van der Waals surface area contributed by atoms with Gasteiger partial charge in [0.1, 0.15) is 51.0 Å². The molecule has 0 radical (unpaired) electrons. The monoisotopic (exact) mass is 1180 g/mol. The van der Waals surface area contributed by atoms with E-state index in [9.17, 15) is 36.2 Å². The summed E-state index contributed by atoms with van der Waals surface area (Å²) in [7, 11) is 7.79. The molecule has 0 saturated carbocycles. The molecule has 0 aliphatic heterocycles. The highest BCUT2D eigenvalue weighted by atomic mass is 35.5. The number of fused-ring (bicyclic) bond motifs is 4. The summed E-state index contributed by atoms with van der Waals surface area (Å²) in [6.45, 7) is 14.8. The molecule has 0 saturated heterocycles. The van der Waals surface area contributed by atoms with Crippen molar-refractivity contribution >= 4 is 85.0 Å². The summed E-state index contributed by atoms with van der Waals surface area (Å²) in [6, 6.07) is 24.1. The molecule has 5 aromatic carbocycles. The molecule has 0 atom stereocenters. The number of nitro benzene ring substituents is 1. The summed E-state index contributed by atoms with van der Waals surface area (Å²) in [6.07, 6.45) is 0. The lowest BCUT2D eigenvalue weighted by Crippen LogP contribution is -2.44. The first-order valence-electron chi connectivity index (χ1n) is 26.0. The lowest BCUT2D eigenvalue weighted by atomic mass is 10.2. The van der Waals surface area contributed by atoms with Gasteiger partial charge in [-0.05, 0) is 119 Å². The fraction of sp³-hybridized carbons (Fsp3) is 0.346. The minimum atomic E-state index is -0.523. The minimum Gasteiger partial charge on any atom is -0.739 e. The molecule has 0 bridgehead atoms. The standard InChI is InChI=1S/C13H19N5O3.C13H19N5O2.C9H8ClN3O2.C9H10N4O2.C8H10N2O3/c1-4-21-10-5-6-11-12(9-10)17(19)13(15-18(11)20)14-7-8-16(2)3;1-4-20-10-5-6-12-11(9-10)15-13(16-18(12)19)14-7-8-17(2)3;2*1-2-15-6-3-4-8-7(5-6)11-9(10)12-13(8)14;1-2-13-6-3-4-8(10(11)12)7(9)5-6/h5-6,9H,4,7-8H2,1-3H3,(H,14,15);5-6,9H,4,7-8H2,1-3H3,(H,14,15,16);3-5H,2H2,1H3;3-5H,2H2,1H3,(H2,10,11,12);3-5H,2,9H2,1H3. The summed E-state index contributed by atoms with van der Waals surface area (Å²) >= 11 is 5.57. The van der Waals surface area contributed by atoms with Gasteiger partial charge in [-0.2, -0.15) is 0 Å². The number of ether oxygens (including phenoxy) is 5. The maximum absolute atomic E-state index is 12.3. The van der Waals surface area contributed by atoms with Crippen molar-refractivity contribution in [3.63, 3.8) is 0 Å². The maximum Gasteiger partial charge on any atom is 0.461 e. The van der Waals surface area contributed by atoms with Gasteiger partial charge in [-0.15, -0.1) is 0 Å². The van der Waals surface area contributed by atoms with Crippen LogP contribution in [0, 0.1) is 36.2 Å². The van der Waals surface area contributed by atoms with Crippen molar-refractivity contribution in [3.05, 3.63) is 132 Å². The van der Waals surface area contributed by atoms with Crippen LogP contribution in [0.3, 0.4) is 0 Å². The quantitative estimate of drug-likeness (QED) is 0.0295. The Morgan fingerprint density at radius 3 is 1.39 bits per heavy atom. The van der Waals surface area contributed by atoms with E-state index < -0.39 is 4.92 Å². The number of nitrogens with two attached hydrogens (primary N) is 2. The summed E-state index contributed by atoms with van der Waals surface area (Å²) < 4.78 is 27.0. The van der Waals surface area contributed by atoms with E-state index in [1.807, 2.05) is 72.6 Å². The van der Waals surface area contributed by atoms with Crippen LogP contribution in [0.2, 0.25) is 5.28 Å². The lowest BCUT2D eigenvalue weighted by molar-refractivity contribution is -0.672. The maximum atomic E-state index is 12.3. The van der Waals surface area contributed by atoms with Gasteiger partial charge < -0.3 is 76.3 Å². The number of hydrogen-bond donors (Lipinski definition) is 4. The third-order valence-corrected chi connectivity index (χ3v) is 11.0. The van der Waals surface area contributed by atoms with Crippen molar-refractivity contribution in [2.45, 2.75) is 34.6 Å². The lowest BCUT2D eigenvalue weighted by Gasteiger charge is -2.12. The second-order valence-corrected chi connectivity index (χ2v) is 17.9. The summed E-state index contributed by atoms with van der Waals surface area (Å²) in [5.74, 6) is 3.34. The first-order chi connectivity index (χ1) is 40.2. The normalized spacial score (nSPS) is 10.6. The largest absolute Gasteiger partial charge is 0.739 e. The van der Waals surface area contributed by atoms with Crippen molar-refractivity contribution < 1.29 is 52.7 Å². The number of rotatable bonds is 19. The highest BCUT2D eigenvalue weighted by Gasteiger charge is 2.21. The molecular formula is C52H66ClN19O12. The molecular weight excluding hydrogens is 1120 g/mol. The van der Waals surface area contributed by atoms with Crippen LogP contribution in [-0.4, -0.2) is 137 Å². The van der Waals surface area contributed by atoms with Crippen LogP contribution >= 0.6 is 11.6 Å². The Labute approximate surface area is 486 Å². The van der Waals surface area contributed by atoms with E-state index in [-0.39, 0.29) is 39.6 Å². The number of halogens is 1. The van der Waals surface area contributed by atoms with Gasteiger partial charge in [0.25, 0.3) is 44.9 Å². The van der Waals surface area contributed by atoms with Gasteiger partial charge in [0.2, 0.25) is 5.10 Å². The smallest absolute Gasteiger partial charge is 0.461 e. The number of nitrogens with one attached hydrogen (secondary N) is 2. The third-order valence-electron chi connectivity index (χ3n) is 10.9. The summed E-state index contributed by atoms with van der Waals surface area (Å²) in [5.41, 5.74) is 13.9. The molecule has 32 heteroatoms. The number of anilines is 4. The zero-order chi connectivity index (χ0) is 61.5. The number of nitrogen functional groups attached to an aromatic ring is 2. The van der Waals surface area contributed by atoms with Gasteiger partial charge >= 0.3 is 5.95 Å². The van der Waals surface area contributed by atoms with Crippen molar-refractivity contribution in [1.82, 2.24) is 45.1 Å². The highest BCUT2D eigenvalue weighted by molar-refractivity contribution is 6.28. The third kappa shape index (κ3) is 19.1. The predicted octanol–water partition coefficient (Wildman–Crippen LogP) is 3.64. The van der Waals surface area contributed by atoms with Crippen molar-refractivity contribution in [1.29, 1.82) is 0 Å². The van der Waals surface area contributed by atoms with Crippen molar-refractivity contribution in [3.8, 4) is 28.7 Å². The fourth-order valence-corrected chi connectivity index (χ4v) is 7.31. The van der Waals surface area contributed by atoms with Crippen LogP contribution in [0.4, 0.5) is 29.2 Å². The Bertz CT molecular complexity index is 3540. The molecule has 31 nitrogen and oxygen atoms in total. The molecule has 0 aliphatic rings. The number of benzene rings is 5. The van der Waals surface area contributed by atoms with Crippen LogP contribution in [0.5, 0.6) is 28.7 Å². The Morgan fingerprint density at radius 1 is 0.512 bits per heavy atom. The van der Waals surface area contributed by atoms with Gasteiger partial charge in [0.15, 0.2) is 5.52 Å². The van der Waals surface area contributed by atoms with E-state index in [1.165, 1.54) is 24.3 Å². The van der Waals surface area contributed by atoms with Crippen LogP contribution in [0.15, 0.2) is 91.0 Å². The molecule has 0 unspecified atom stereocenters. The number of nitro groups is 1. The van der Waals surface area contributed by atoms with Gasteiger partial charge in [-0.1, -0.05) is 0 Å². The van der Waals surface area contributed by atoms with E-state index in [1.54, 1.807) is 66.7 Å². The van der Waals surface area contributed by atoms with Crippen LogP contribution in [0.1, 0.15) is 34.6 Å². The summed E-state index contributed by atoms with van der Waals surface area (Å²) in [4.78, 5) is 28.0. The van der Waals surface area contributed by atoms with Gasteiger partial charge in [-0.3, -0.25) is 15.4 Å². The molecule has 84 heavy (non-hydrogen) atoms. The number of aromatic nitrogens is 12. The van der Waals surface area contributed by atoms with E-state index in [0.29, 0.717) is 138 Å². The zero-order valence-corrected chi connectivity index (χ0v) is 48.4. The average molecular weight is 1180 g/mol. The molecule has 0 aliphatic carbocycles. The van der Waals surface area contributed by atoms with Crippen molar-refractivity contribution in [2.24, 2.45) is 0 Å². The Balaban J connectivity index is 0.000000194. The molecule has 0 fully saturated rings. The van der Waals surface area contributed by atoms with E-state index in [0.717, 1.165) is 13.1 Å². The van der Waals surface area contributed by atoms with E-state index in [2.05, 4.69) is 46.0 Å². The molecule has 0 spiro atoms. The fourth-order valence-electron chi connectivity index (χ4n) is 7.15. The van der Waals surface area contributed by atoms with Crippen LogP contribution in [-0.2, 0) is 0 Å². The average Bonchev–Trinajstić information content (AvgIpc) is 2.42. The SMILES string of the molecule is CCOc1ccc([N+](=O)[O-])c(N)c1.CCOc1ccc2c(c1)[n+]([O-])c(NCCN(C)C)n[n+]2[O-].CCOc1ccc2c(c1)nc(Cl)n[n+]2[O-].CCOc1ccc2c(c1)nc(N)n[n+]2[O-].CCOc1ccc2c(c1)nc(NCCN(C)C)n[n+]2[O-]. The molecule has 9 rings (SSSR count). The van der Waals surface area contributed by atoms with Gasteiger partial charge in [-0.25, -0.2) is 19.7 Å². The molecule has 0 amide bonds. The molecule has 4 aromatic heterocycles. The second-order valence-electron chi connectivity index (χ2n) is 17.6. The summed E-state index contributed by atoms with van der Waals surface area (Å²) in [5, 5.41) is 89.3. The number of hydrogen-bond acceptors (Lipinski definition) is 25. The van der Waals surface area contributed by atoms with Gasteiger partial charge in [0.05, 0.1) is 54.7 Å². The van der Waals surface area contributed by atoms with E-state index >= 15 is 0 Å². The molecule has 6 N–H and O–H groups in total. The zero-order valence-electron chi connectivity index (χ0n) is 47.7. The van der Waals surface area contributed by atoms with Gasteiger partial charge in [0, 0.05) is 90.2 Å². The first kappa shape index (κ1) is 64.8. The van der Waals surface area contributed by atoms with Crippen LogP contribution < -0.4 is 69.9 Å². The number of nitrogens with zero attached hydrogens (tertiary/aromatic N) is 15. The molecule has 448 valence electrons. The predicted molar refractivity (Wildman–Crippen MR) is 312 cm³/mol. The molecule has 9 aromatic rings. The Kier molecular flexibility index (Phi) is 24.6. The Hall–Kier alpha value is -10.0. The highest BCUT2D eigenvalue weighted by Crippen LogP contribution is 2.26.